The van der Waals surface area contributed by atoms with Crippen molar-refractivity contribution in [2.75, 3.05) is 19.6 Å². The van der Waals surface area contributed by atoms with Crippen LogP contribution in [0.25, 0.3) is 27.8 Å². The lowest BCUT2D eigenvalue weighted by molar-refractivity contribution is -0.126. The van der Waals surface area contributed by atoms with E-state index in [4.69, 9.17) is 9.84 Å². The molecular weight excluding hydrogens is 924 g/mol. The molecule has 310 valence electrons. The highest BCUT2D eigenvalue weighted by molar-refractivity contribution is 9.11. The first-order chi connectivity index (χ1) is 28.9. The van der Waals surface area contributed by atoms with Gasteiger partial charge >= 0.3 is 19.2 Å². The van der Waals surface area contributed by atoms with Crippen molar-refractivity contribution in [3.8, 4) is 23.5 Å². The first kappa shape index (κ1) is 39.7. The van der Waals surface area contributed by atoms with Crippen molar-refractivity contribution in [3.05, 3.63) is 97.7 Å². The number of halogens is 6. The molecule has 2 amide bonds. The van der Waals surface area contributed by atoms with Crippen molar-refractivity contribution in [1.82, 2.24) is 39.5 Å². The number of esters is 1. The van der Waals surface area contributed by atoms with Crippen LogP contribution in [0.4, 0.5) is 17.6 Å². The van der Waals surface area contributed by atoms with Gasteiger partial charge in [-0.25, -0.2) is 9.48 Å². The van der Waals surface area contributed by atoms with Gasteiger partial charge in [0, 0.05) is 47.0 Å². The van der Waals surface area contributed by atoms with Gasteiger partial charge in [-0.05, 0) is 98.7 Å². The van der Waals surface area contributed by atoms with Gasteiger partial charge in [0.2, 0.25) is 5.91 Å². The minimum atomic E-state index is -3.15. The highest BCUT2D eigenvalue weighted by Crippen LogP contribution is 2.43. The minimum Gasteiger partial charge on any atom is -0.421 e. The summed E-state index contributed by atoms with van der Waals surface area (Å²) >= 11 is 6.76. The fourth-order valence-electron chi connectivity index (χ4n) is 8.15. The Labute approximate surface area is 354 Å². The van der Waals surface area contributed by atoms with Gasteiger partial charge in [0.1, 0.15) is 16.7 Å². The molecule has 0 spiro atoms. The molecular formula is C40H32Br2F4N8O6. The molecule has 60 heavy (non-hydrogen) atoms. The number of amides is 2. The van der Waals surface area contributed by atoms with Crippen molar-refractivity contribution < 1.29 is 46.2 Å². The lowest BCUT2D eigenvalue weighted by Crippen LogP contribution is -2.46. The number of imidazole rings is 2. The molecule has 1 aliphatic carbocycles. The zero-order valence-corrected chi connectivity index (χ0v) is 34.4. The Morgan fingerprint density at radius 2 is 1.52 bits per heavy atom. The van der Waals surface area contributed by atoms with Crippen LogP contribution < -0.4 is 14.2 Å². The van der Waals surface area contributed by atoms with Gasteiger partial charge in [0.25, 0.3) is 17.9 Å². The molecule has 14 nitrogen and oxygen atoms in total. The number of carbonyl (C=O) groups excluding carboxylic acids is 3. The van der Waals surface area contributed by atoms with E-state index in [2.05, 4.69) is 67.8 Å². The molecule has 0 radical (unpaired) electrons. The molecule has 3 aromatic heterocycles. The van der Waals surface area contributed by atoms with Crippen LogP contribution in [-0.2, 0) is 17.6 Å². The Balaban J connectivity index is 1.12. The van der Waals surface area contributed by atoms with E-state index < -0.39 is 43.2 Å². The summed E-state index contributed by atoms with van der Waals surface area (Å²) in [5, 5.41) is 5.06. The maximum Gasteiger partial charge on any atom is 0.389 e. The molecule has 2 aliphatic heterocycles. The summed E-state index contributed by atoms with van der Waals surface area (Å²) in [7, 11) is 0. The zero-order valence-electron chi connectivity index (χ0n) is 31.2. The molecule has 1 atom stereocenters. The molecule has 6 aromatic rings. The monoisotopic (exact) mass is 954 g/mol. The third kappa shape index (κ3) is 7.07. The first-order valence-electron chi connectivity index (χ1n) is 18.8. The van der Waals surface area contributed by atoms with Crippen LogP contribution in [0.3, 0.4) is 0 Å². The van der Waals surface area contributed by atoms with E-state index in [-0.39, 0.29) is 70.4 Å². The van der Waals surface area contributed by atoms with E-state index >= 15 is 0 Å². The molecule has 9 rings (SSSR count). The lowest BCUT2D eigenvalue weighted by Gasteiger charge is -2.38. The molecule has 1 fully saturated rings. The van der Waals surface area contributed by atoms with Gasteiger partial charge in [0.05, 0.1) is 39.6 Å². The fourth-order valence-corrected chi connectivity index (χ4v) is 8.99. The summed E-state index contributed by atoms with van der Waals surface area (Å²) < 4.78 is 70.3. The molecule has 0 saturated heterocycles. The zero-order chi connectivity index (χ0) is 42.0. The lowest BCUT2D eigenvalue weighted by atomic mass is 9.80. The Kier molecular flexibility index (Phi) is 10.4. The number of aromatic nitrogens is 6. The van der Waals surface area contributed by atoms with Gasteiger partial charge in [-0.3, -0.25) is 9.59 Å². The molecule has 3 aromatic carbocycles. The smallest absolute Gasteiger partial charge is 0.389 e. The minimum absolute atomic E-state index is 0.000744. The number of aromatic amines is 2. The number of alkyl halides is 4. The number of nitrogens with one attached hydrogen (secondary N) is 2. The molecule has 5 heterocycles. The molecule has 0 bridgehead atoms. The fraction of sp³-hybridized carbons (Fsp3) is 0.300. The van der Waals surface area contributed by atoms with Gasteiger partial charge in [-0.1, -0.05) is 19.1 Å². The average molecular weight is 957 g/mol. The maximum atomic E-state index is 14.6. The van der Waals surface area contributed by atoms with Crippen molar-refractivity contribution in [1.29, 1.82) is 0 Å². The number of benzene rings is 3. The Morgan fingerprint density at radius 1 is 0.867 bits per heavy atom. The predicted octanol–water partition coefficient (Wildman–Crippen LogP) is 8.15. The van der Waals surface area contributed by atoms with Crippen molar-refractivity contribution >= 4 is 71.7 Å². The predicted molar refractivity (Wildman–Crippen MR) is 214 cm³/mol. The standard InChI is InChI=1S/C40H32Br2F4N8O6/c1-2-29(55)52-14-12-24-30-26(13-15-53(27(30)17-52)35(56)20-7-9-22(41)33-31(20)47-39(49-33)59-37(43)44)54(51-24)25-11-6-19(18-4-3-5-18)16-28(25)58-36(57)21-8-10-23(42)34-32(21)48-40(50-34)60-38(45)46/h2,6-11,16,18,27,37-38H,1,3-5,12-15,17H2,(H,47,49)(H,48,50). The van der Waals surface area contributed by atoms with Gasteiger partial charge in [-0.15, -0.1) is 0 Å². The van der Waals surface area contributed by atoms with Gasteiger partial charge in [0.15, 0.2) is 5.75 Å². The highest BCUT2D eigenvalue weighted by atomic mass is 79.9. The van der Waals surface area contributed by atoms with Gasteiger partial charge in [-0.2, -0.15) is 32.6 Å². The molecule has 1 saturated carbocycles. The van der Waals surface area contributed by atoms with Crippen molar-refractivity contribution in [3.63, 3.8) is 0 Å². The summed E-state index contributed by atoms with van der Waals surface area (Å²) in [6.07, 6.45) is 4.84. The SMILES string of the molecule is C=CC(=O)N1CCc2nn(-c3ccc(C4CCC4)cc3OC(=O)c3ccc(Br)c4[nH]c(OC(F)F)nc34)c3c2C(C1)N(C(=O)c1ccc(Br)c2[nH]c(OC(F)F)nc12)CC3. The van der Waals surface area contributed by atoms with E-state index in [1.165, 1.54) is 12.1 Å². The molecule has 1 unspecified atom stereocenters. The molecule has 2 N–H and O–H groups in total. The van der Waals surface area contributed by atoms with E-state index in [1.54, 1.807) is 32.7 Å². The van der Waals surface area contributed by atoms with Crippen molar-refractivity contribution in [2.24, 2.45) is 0 Å². The summed E-state index contributed by atoms with van der Waals surface area (Å²) in [5.74, 6) is -1.12. The summed E-state index contributed by atoms with van der Waals surface area (Å²) in [6, 6.07) is 10.2. The summed E-state index contributed by atoms with van der Waals surface area (Å²) in [6.45, 7) is -2.09. The van der Waals surface area contributed by atoms with Crippen LogP contribution in [0.1, 0.15) is 74.5 Å². The molecule has 3 aliphatic rings. The second kappa shape index (κ2) is 15.7. The van der Waals surface area contributed by atoms with E-state index in [9.17, 15) is 31.9 Å². The number of hydrogen-bond donors (Lipinski definition) is 2. The highest BCUT2D eigenvalue weighted by Gasteiger charge is 2.41. The number of fused-ring (bicyclic) bond motifs is 2. The molecule has 20 heteroatoms. The second-order valence-electron chi connectivity index (χ2n) is 14.4. The Morgan fingerprint density at radius 3 is 2.13 bits per heavy atom. The number of hydrogen-bond acceptors (Lipinski definition) is 9. The summed E-state index contributed by atoms with van der Waals surface area (Å²) in [4.78, 5) is 58.7. The Hall–Kier alpha value is -5.76. The van der Waals surface area contributed by atoms with E-state index in [0.29, 0.717) is 33.2 Å². The largest absolute Gasteiger partial charge is 0.421 e. The normalized spacial score (nSPS) is 16.6. The third-order valence-electron chi connectivity index (χ3n) is 11.1. The van der Waals surface area contributed by atoms with Crippen molar-refractivity contribution in [2.45, 2.75) is 57.3 Å². The third-order valence-corrected chi connectivity index (χ3v) is 12.5. The number of H-pyrrole nitrogens is 2. The maximum absolute atomic E-state index is 14.6. The van der Waals surface area contributed by atoms with Crippen LogP contribution >= 0.6 is 31.9 Å². The van der Waals surface area contributed by atoms with Crippen LogP contribution in [0.5, 0.6) is 17.8 Å². The van der Waals surface area contributed by atoms with Crippen LogP contribution in [-0.4, -0.2) is 90.2 Å². The number of nitrogens with zero attached hydrogens (tertiary/aromatic N) is 6. The van der Waals surface area contributed by atoms with E-state index in [0.717, 1.165) is 36.1 Å². The van der Waals surface area contributed by atoms with E-state index in [1.807, 2.05) is 18.2 Å². The topological polar surface area (TPSA) is 161 Å². The summed E-state index contributed by atoms with van der Waals surface area (Å²) in [5.41, 5.74) is 4.36. The number of rotatable bonds is 10. The Bertz CT molecular complexity index is 2730. The second-order valence-corrected chi connectivity index (χ2v) is 16.2. The van der Waals surface area contributed by atoms with Crippen LogP contribution in [0, 0.1) is 0 Å². The average Bonchev–Trinajstić information content (AvgIpc) is 3.87. The number of ether oxygens (including phenoxy) is 3. The van der Waals surface area contributed by atoms with Gasteiger partial charge < -0.3 is 34.0 Å². The quantitative estimate of drug-likeness (QED) is 0.0598. The van der Waals surface area contributed by atoms with Crippen LogP contribution in [0.15, 0.2) is 64.1 Å². The van der Waals surface area contributed by atoms with Crippen LogP contribution in [0.2, 0.25) is 0 Å². The number of carbonyl (C=O) groups is 3. The first-order valence-corrected chi connectivity index (χ1v) is 20.4.